The van der Waals surface area contributed by atoms with Crippen LogP contribution in [0.2, 0.25) is 0 Å². The molecule has 2 N–H and O–H groups in total. The first kappa shape index (κ1) is 19.5. The van der Waals surface area contributed by atoms with Gasteiger partial charge in [0.25, 0.3) is 5.91 Å². The van der Waals surface area contributed by atoms with Crippen LogP contribution in [0, 0.1) is 6.92 Å². The number of hydrazine groups is 1. The first-order chi connectivity index (χ1) is 13.9. The molecule has 2 fully saturated rings. The van der Waals surface area contributed by atoms with E-state index >= 15 is 0 Å². The molecule has 4 rings (SSSR count). The number of thioether (sulfide) groups is 1. The lowest BCUT2D eigenvalue weighted by molar-refractivity contribution is -0.139. The van der Waals surface area contributed by atoms with Crippen molar-refractivity contribution in [1.82, 2.24) is 30.5 Å². The zero-order chi connectivity index (χ0) is 20.6. The molecule has 0 unspecified atom stereocenters. The van der Waals surface area contributed by atoms with Crippen molar-refractivity contribution >= 4 is 29.6 Å². The van der Waals surface area contributed by atoms with Crippen LogP contribution < -0.4 is 10.7 Å². The Morgan fingerprint density at radius 1 is 1.31 bits per heavy atom. The largest absolute Gasteiger partial charge is 0.469 e. The Bertz CT molecular complexity index is 961. The number of hydrogen-bond acceptors (Lipinski definition) is 7. The predicted molar refractivity (Wildman–Crippen MR) is 104 cm³/mol. The molecule has 4 amide bonds. The number of carbonyl (C=O) groups excluding carboxylic acids is 3. The molecule has 2 aromatic rings. The molecule has 3 heterocycles. The average molecular weight is 418 g/mol. The maximum absolute atomic E-state index is 12.7. The molecular formula is C18H22N6O4S. The molecule has 1 saturated carbocycles. The highest BCUT2D eigenvalue weighted by molar-refractivity contribution is 7.99. The summed E-state index contributed by atoms with van der Waals surface area (Å²) in [4.78, 5) is 37.3. The molecule has 1 saturated heterocycles. The summed E-state index contributed by atoms with van der Waals surface area (Å²) >= 11 is 1.17. The number of urea groups is 1. The third kappa shape index (κ3) is 3.50. The van der Waals surface area contributed by atoms with Gasteiger partial charge in [-0.3, -0.25) is 15.0 Å². The van der Waals surface area contributed by atoms with Crippen LogP contribution in [-0.2, 0) is 16.6 Å². The summed E-state index contributed by atoms with van der Waals surface area (Å²) in [6.45, 7) is 1.83. The molecule has 10 nitrogen and oxygen atoms in total. The second kappa shape index (κ2) is 7.54. The minimum atomic E-state index is -0.864. The Kier molecular flexibility index (Phi) is 5.07. The Labute approximate surface area is 171 Å². The van der Waals surface area contributed by atoms with E-state index in [1.807, 2.05) is 6.92 Å². The average Bonchev–Trinajstić information content (AvgIpc) is 3.34. The number of nitrogens with zero attached hydrogens (tertiary/aromatic N) is 4. The van der Waals surface area contributed by atoms with Gasteiger partial charge in [-0.15, -0.1) is 10.2 Å². The van der Waals surface area contributed by atoms with Crippen molar-refractivity contribution in [3.8, 4) is 11.4 Å². The van der Waals surface area contributed by atoms with Gasteiger partial charge in [0.1, 0.15) is 11.3 Å². The molecule has 2 aliphatic rings. The molecule has 0 atom stereocenters. The molecule has 29 heavy (non-hydrogen) atoms. The summed E-state index contributed by atoms with van der Waals surface area (Å²) in [6, 6.07) is 1.23. The van der Waals surface area contributed by atoms with E-state index in [1.54, 1.807) is 23.9 Å². The second-order valence-electron chi connectivity index (χ2n) is 7.29. The zero-order valence-corrected chi connectivity index (χ0v) is 17.0. The molecule has 1 aliphatic carbocycles. The summed E-state index contributed by atoms with van der Waals surface area (Å²) in [5.74, 6) is 0.505. The number of aryl methyl sites for hydroxylation is 1. The van der Waals surface area contributed by atoms with Gasteiger partial charge in [0.15, 0.2) is 11.0 Å². The van der Waals surface area contributed by atoms with Crippen LogP contribution >= 0.6 is 11.8 Å². The molecule has 2 aromatic heterocycles. The molecule has 1 spiro atoms. The van der Waals surface area contributed by atoms with Gasteiger partial charge in [-0.2, -0.15) is 5.01 Å². The summed E-state index contributed by atoms with van der Waals surface area (Å²) < 4.78 is 7.06. The van der Waals surface area contributed by atoms with Crippen molar-refractivity contribution in [3.63, 3.8) is 0 Å². The number of hydrogen-bond donors (Lipinski definition) is 2. The lowest BCUT2D eigenvalue weighted by atomic mass is 9.82. The van der Waals surface area contributed by atoms with E-state index in [0.29, 0.717) is 23.8 Å². The van der Waals surface area contributed by atoms with Gasteiger partial charge in [-0.1, -0.05) is 31.0 Å². The Balaban J connectivity index is 1.37. The van der Waals surface area contributed by atoms with Crippen molar-refractivity contribution < 1.29 is 18.8 Å². The van der Waals surface area contributed by atoms with Crippen LogP contribution in [0.15, 0.2) is 21.9 Å². The van der Waals surface area contributed by atoms with E-state index in [0.717, 1.165) is 35.6 Å². The van der Waals surface area contributed by atoms with Crippen LogP contribution in [0.5, 0.6) is 0 Å². The van der Waals surface area contributed by atoms with Crippen LogP contribution in [-0.4, -0.2) is 48.9 Å². The topological polar surface area (TPSA) is 122 Å². The summed E-state index contributed by atoms with van der Waals surface area (Å²) in [6.07, 6.45) is 5.60. The van der Waals surface area contributed by atoms with Crippen molar-refractivity contribution in [2.24, 2.45) is 7.05 Å². The zero-order valence-electron chi connectivity index (χ0n) is 16.2. The molecule has 0 aromatic carbocycles. The number of furan rings is 1. The van der Waals surface area contributed by atoms with Gasteiger partial charge in [0, 0.05) is 7.05 Å². The summed E-state index contributed by atoms with van der Waals surface area (Å²) in [5, 5.41) is 12.4. The van der Waals surface area contributed by atoms with Crippen LogP contribution in [0.3, 0.4) is 0 Å². The third-order valence-electron chi connectivity index (χ3n) is 5.37. The van der Waals surface area contributed by atoms with Gasteiger partial charge in [-0.05, 0) is 25.8 Å². The normalized spacial score (nSPS) is 18.3. The second-order valence-corrected chi connectivity index (χ2v) is 8.24. The lowest BCUT2D eigenvalue weighted by Gasteiger charge is -2.30. The molecule has 0 bridgehead atoms. The fourth-order valence-corrected chi connectivity index (χ4v) is 4.50. The highest BCUT2D eigenvalue weighted by Crippen LogP contribution is 2.33. The van der Waals surface area contributed by atoms with Crippen LogP contribution in [0.4, 0.5) is 4.79 Å². The highest BCUT2D eigenvalue weighted by Gasteiger charge is 2.52. The molecule has 154 valence electrons. The van der Waals surface area contributed by atoms with Gasteiger partial charge in [0.2, 0.25) is 5.91 Å². The van der Waals surface area contributed by atoms with E-state index in [2.05, 4.69) is 20.9 Å². The van der Waals surface area contributed by atoms with Crippen molar-refractivity contribution in [2.45, 2.75) is 49.7 Å². The molecule has 11 heteroatoms. The van der Waals surface area contributed by atoms with E-state index < -0.39 is 17.5 Å². The van der Waals surface area contributed by atoms with E-state index in [4.69, 9.17) is 4.42 Å². The summed E-state index contributed by atoms with van der Waals surface area (Å²) in [5.41, 5.74) is 2.39. The Hall–Kier alpha value is -2.82. The SMILES string of the molecule is Cc1occc1-c1nnc(SCC(=O)NN2C(=O)NC3(CCCCC3)C2=O)n1C. The summed E-state index contributed by atoms with van der Waals surface area (Å²) in [7, 11) is 1.80. The van der Waals surface area contributed by atoms with Crippen molar-refractivity contribution in [2.75, 3.05) is 5.75 Å². The van der Waals surface area contributed by atoms with Gasteiger partial charge < -0.3 is 14.3 Å². The van der Waals surface area contributed by atoms with E-state index in [1.165, 1.54) is 11.8 Å². The van der Waals surface area contributed by atoms with Crippen LogP contribution in [0.1, 0.15) is 37.9 Å². The van der Waals surface area contributed by atoms with Crippen LogP contribution in [0.25, 0.3) is 11.4 Å². The smallest absolute Gasteiger partial charge is 0.344 e. The lowest BCUT2D eigenvalue weighted by Crippen LogP contribution is -2.51. The minimum absolute atomic E-state index is 0.0135. The first-order valence-electron chi connectivity index (χ1n) is 9.44. The Morgan fingerprint density at radius 2 is 2.07 bits per heavy atom. The molecule has 0 radical (unpaired) electrons. The number of nitrogens with one attached hydrogen (secondary N) is 2. The third-order valence-corrected chi connectivity index (χ3v) is 6.39. The number of carbonyl (C=O) groups is 3. The maximum Gasteiger partial charge on any atom is 0.344 e. The fourth-order valence-electron chi connectivity index (χ4n) is 3.80. The number of rotatable bonds is 5. The highest BCUT2D eigenvalue weighted by atomic mass is 32.2. The number of aromatic nitrogens is 3. The minimum Gasteiger partial charge on any atom is -0.469 e. The number of amides is 4. The van der Waals surface area contributed by atoms with E-state index in [9.17, 15) is 14.4 Å². The van der Waals surface area contributed by atoms with Gasteiger partial charge >= 0.3 is 6.03 Å². The van der Waals surface area contributed by atoms with Crippen molar-refractivity contribution in [1.29, 1.82) is 0 Å². The number of imide groups is 1. The standard InChI is InChI=1S/C18H22N6O4S/c1-11-12(6-9-28-11)14-20-21-17(23(14)2)29-10-13(25)22-24-15(26)18(19-16(24)27)7-4-3-5-8-18/h6,9H,3-5,7-8,10H2,1-2H3,(H,19,27)(H,22,25). The quantitative estimate of drug-likeness (QED) is 0.560. The monoisotopic (exact) mass is 418 g/mol. The van der Waals surface area contributed by atoms with Crippen molar-refractivity contribution in [3.05, 3.63) is 18.1 Å². The molecular weight excluding hydrogens is 396 g/mol. The molecule has 1 aliphatic heterocycles. The predicted octanol–water partition coefficient (Wildman–Crippen LogP) is 1.76. The fraction of sp³-hybridized carbons (Fsp3) is 0.500. The van der Waals surface area contributed by atoms with Gasteiger partial charge in [-0.25, -0.2) is 4.79 Å². The van der Waals surface area contributed by atoms with Gasteiger partial charge in [0.05, 0.1) is 17.6 Å². The maximum atomic E-state index is 12.7. The Morgan fingerprint density at radius 3 is 2.76 bits per heavy atom. The van der Waals surface area contributed by atoms with E-state index in [-0.39, 0.29) is 11.7 Å². The first-order valence-corrected chi connectivity index (χ1v) is 10.4.